The van der Waals surface area contributed by atoms with Crippen molar-refractivity contribution in [2.24, 2.45) is 0 Å². The summed E-state index contributed by atoms with van der Waals surface area (Å²) in [5.74, 6) is 0. The number of unbranched alkanes of at least 4 members (excludes halogenated alkanes) is 2. The van der Waals surface area contributed by atoms with Gasteiger partial charge in [-0.1, -0.05) is 38.1 Å². The first-order valence-corrected chi connectivity index (χ1v) is 6.12. The molecule has 12 heavy (non-hydrogen) atoms. The van der Waals surface area contributed by atoms with Crippen LogP contribution < -0.4 is 5.43 Å². The first-order valence-electron chi connectivity index (χ1n) is 4.94. The summed E-state index contributed by atoms with van der Waals surface area (Å²) < 4.78 is 2.25. The van der Waals surface area contributed by atoms with E-state index in [1.54, 1.807) is 11.9 Å². The van der Waals surface area contributed by atoms with Crippen LogP contribution in [-0.2, 0) is 0 Å². The fourth-order valence-electron chi connectivity index (χ4n) is 1.60. The average Bonchev–Trinajstić information content (AvgIpc) is 2.53. The van der Waals surface area contributed by atoms with Gasteiger partial charge in [-0.3, -0.25) is 0 Å². The molecule has 1 N–H and O–H groups in total. The number of hydrogen-bond donors (Lipinski definition) is 1. The van der Waals surface area contributed by atoms with E-state index in [4.69, 9.17) is 0 Å². The lowest BCUT2D eigenvalue weighted by Gasteiger charge is -2.13. The summed E-state index contributed by atoms with van der Waals surface area (Å²) in [6.45, 7) is 3.47. The Morgan fingerprint density at radius 2 is 2.33 bits per heavy atom. The van der Waals surface area contributed by atoms with E-state index in [2.05, 4.69) is 23.0 Å². The van der Waals surface area contributed by atoms with Crippen molar-refractivity contribution in [3.8, 4) is 0 Å². The van der Waals surface area contributed by atoms with Gasteiger partial charge in [-0.15, -0.1) is 0 Å². The van der Waals surface area contributed by atoms with Gasteiger partial charge in [0.05, 0.1) is 0 Å². The van der Waals surface area contributed by atoms with Crippen LogP contribution in [0.15, 0.2) is 0 Å². The second kappa shape index (κ2) is 5.84. The Balaban J connectivity index is 2.03. The van der Waals surface area contributed by atoms with Gasteiger partial charge in [0.25, 0.3) is 0 Å². The maximum atomic E-state index is 3.50. The molecule has 0 bridgehead atoms. The third kappa shape index (κ3) is 3.33. The van der Waals surface area contributed by atoms with E-state index in [9.17, 15) is 0 Å². The van der Waals surface area contributed by atoms with Gasteiger partial charge < -0.3 is 0 Å². The first kappa shape index (κ1) is 10.4. The monoisotopic (exact) mass is 188 g/mol. The minimum absolute atomic E-state index is 0.754. The summed E-state index contributed by atoms with van der Waals surface area (Å²) in [6.07, 6.45) is 8.91. The first-order chi connectivity index (χ1) is 5.86. The van der Waals surface area contributed by atoms with Crippen LogP contribution in [0.25, 0.3) is 0 Å². The molecule has 0 radical (unpaired) electrons. The quantitative estimate of drug-likeness (QED) is 0.527. The summed E-state index contributed by atoms with van der Waals surface area (Å²) in [5, 5.41) is 0. The lowest BCUT2D eigenvalue weighted by atomic mass is 10.1. The van der Waals surface area contributed by atoms with Crippen molar-refractivity contribution in [1.82, 2.24) is 9.84 Å². The van der Waals surface area contributed by atoms with Crippen LogP contribution in [0.3, 0.4) is 0 Å². The zero-order valence-corrected chi connectivity index (χ0v) is 8.99. The molecule has 1 aliphatic heterocycles. The fourth-order valence-corrected chi connectivity index (χ4v) is 2.14. The van der Waals surface area contributed by atoms with Crippen molar-refractivity contribution in [2.45, 2.75) is 45.1 Å². The number of nitrogens with zero attached hydrogens (tertiary/aromatic N) is 1. The number of hydrazine groups is 1. The molecule has 1 aliphatic rings. The number of rotatable bonds is 5. The van der Waals surface area contributed by atoms with Crippen LogP contribution in [-0.4, -0.2) is 23.3 Å². The Hall–Kier alpha value is 0.270. The molecule has 0 aliphatic carbocycles. The van der Waals surface area contributed by atoms with Gasteiger partial charge >= 0.3 is 0 Å². The summed E-state index contributed by atoms with van der Waals surface area (Å²) in [5.41, 5.74) is 3.50. The molecular formula is C9H20N2S. The van der Waals surface area contributed by atoms with Gasteiger partial charge in [-0.2, -0.15) is 4.41 Å². The van der Waals surface area contributed by atoms with Gasteiger partial charge in [0.1, 0.15) is 0 Å². The SMILES string of the molecule is CCCCCC1CCN(SC)N1. The zero-order chi connectivity index (χ0) is 8.81. The molecule has 1 fully saturated rings. The highest BCUT2D eigenvalue weighted by atomic mass is 32.2. The third-order valence-electron chi connectivity index (χ3n) is 2.38. The third-order valence-corrected chi connectivity index (χ3v) is 3.11. The Kier molecular flexibility index (Phi) is 5.04. The normalized spacial score (nSPS) is 25.0. The highest BCUT2D eigenvalue weighted by Crippen LogP contribution is 2.16. The van der Waals surface area contributed by atoms with E-state index >= 15 is 0 Å². The summed E-state index contributed by atoms with van der Waals surface area (Å²) in [4.78, 5) is 0. The van der Waals surface area contributed by atoms with Gasteiger partial charge in [-0.05, 0) is 19.1 Å². The van der Waals surface area contributed by atoms with E-state index in [-0.39, 0.29) is 0 Å². The molecule has 0 amide bonds. The van der Waals surface area contributed by atoms with Crippen molar-refractivity contribution in [3.63, 3.8) is 0 Å². The molecule has 3 heteroatoms. The Bertz CT molecular complexity index is 119. The highest BCUT2D eigenvalue weighted by molar-refractivity contribution is 7.96. The molecule has 2 nitrogen and oxygen atoms in total. The van der Waals surface area contributed by atoms with E-state index in [1.165, 1.54) is 38.6 Å². The van der Waals surface area contributed by atoms with E-state index in [0.29, 0.717) is 0 Å². The smallest absolute Gasteiger partial charge is 0.0260 e. The van der Waals surface area contributed by atoms with Crippen LogP contribution in [0.5, 0.6) is 0 Å². The average molecular weight is 188 g/mol. The molecule has 0 saturated carbocycles. The minimum Gasteiger partial charge on any atom is -0.242 e. The Morgan fingerprint density at radius 3 is 2.92 bits per heavy atom. The van der Waals surface area contributed by atoms with Gasteiger partial charge in [-0.25, -0.2) is 5.43 Å². The lowest BCUT2D eigenvalue weighted by molar-refractivity contribution is 0.395. The molecule has 0 aromatic carbocycles. The predicted octanol–water partition coefficient (Wildman–Crippen LogP) is 2.42. The van der Waals surface area contributed by atoms with Crippen LogP contribution in [0.4, 0.5) is 0 Å². The van der Waals surface area contributed by atoms with Gasteiger partial charge in [0, 0.05) is 12.6 Å². The molecule has 0 aromatic heterocycles. The fraction of sp³-hybridized carbons (Fsp3) is 1.00. The topological polar surface area (TPSA) is 15.3 Å². The predicted molar refractivity (Wildman–Crippen MR) is 55.9 cm³/mol. The Labute approximate surface area is 80.2 Å². The highest BCUT2D eigenvalue weighted by Gasteiger charge is 2.19. The van der Waals surface area contributed by atoms with Gasteiger partial charge in [0.15, 0.2) is 0 Å². The summed E-state index contributed by atoms with van der Waals surface area (Å²) in [6, 6.07) is 0.754. The second-order valence-corrected chi connectivity index (χ2v) is 4.20. The van der Waals surface area contributed by atoms with Gasteiger partial charge in [0.2, 0.25) is 0 Å². The summed E-state index contributed by atoms with van der Waals surface area (Å²) in [7, 11) is 0. The summed E-state index contributed by atoms with van der Waals surface area (Å²) >= 11 is 1.80. The van der Waals surface area contributed by atoms with E-state index in [0.717, 1.165) is 6.04 Å². The van der Waals surface area contributed by atoms with Crippen LogP contribution in [0.1, 0.15) is 39.0 Å². The Morgan fingerprint density at radius 1 is 1.50 bits per heavy atom. The molecule has 0 spiro atoms. The standard InChI is InChI=1S/C9H20N2S/c1-3-4-5-6-9-7-8-11(10-9)12-2/h9-10H,3-8H2,1-2H3. The molecule has 1 saturated heterocycles. The molecule has 1 heterocycles. The lowest BCUT2D eigenvalue weighted by Crippen LogP contribution is -2.30. The van der Waals surface area contributed by atoms with Crippen molar-refractivity contribution in [3.05, 3.63) is 0 Å². The molecular weight excluding hydrogens is 168 g/mol. The van der Waals surface area contributed by atoms with Crippen molar-refractivity contribution < 1.29 is 0 Å². The molecule has 0 aromatic rings. The van der Waals surface area contributed by atoms with E-state index < -0.39 is 0 Å². The van der Waals surface area contributed by atoms with Crippen molar-refractivity contribution >= 4 is 11.9 Å². The number of nitrogens with one attached hydrogen (secondary N) is 1. The second-order valence-electron chi connectivity index (χ2n) is 3.40. The maximum Gasteiger partial charge on any atom is 0.0260 e. The van der Waals surface area contributed by atoms with Crippen LogP contribution in [0.2, 0.25) is 0 Å². The molecule has 1 atom stereocenters. The maximum absolute atomic E-state index is 3.50. The minimum atomic E-state index is 0.754. The van der Waals surface area contributed by atoms with E-state index in [1.807, 2.05) is 0 Å². The van der Waals surface area contributed by atoms with Crippen molar-refractivity contribution in [1.29, 1.82) is 0 Å². The van der Waals surface area contributed by atoms with Crippen molar-refractivity contribution in [2.75, 3.05) is 12.8 Å². The zero-order valence-electron chi connectivity index (χ0n) is 8.18. The largest absolute Gasteiger partial charge is 0.242 e. The van der Waals surface area contributed by atoms with Crippen LogP contribution >= 0.6 is 11.9 Å². The number of hydrogen-bond acceptors (Lipinski definition) is 3. The van der Waals surface area contributed by atoms with Crippen LogP contribution in [0, 0.1) is 0 Å². The molecule has 1 rings (SSSR count). The molecule has 1 unspecified atom stereocenters. The molecule has 72 valence electrons.